The number of anilines is 3. The highest BCUT2D eigenvalue weighted by Crippen LogP contribution is 2.37. The van der Waals surface area contributed by atoms with Gasteiger partial charge in [0.2, 0.25) is 0 Å². The van der Waals surface area contributed by atoms with Gasteiger partial charge in [-0.25, -0.2) is 4.90 Å². The first-order valence-electron chi connectivity index (χ1n) is 11.5. The molecule has 3 aromatic carbocycles. The summed E-state index contributed by atoms with van der Waals surface area (Å²) >= 11 is 0. The van der Waals surface area contributed by atoms with Crippen LogP contribution in [0.3, 0.4) is 0 Å². The van der Waals surface area contributed by atoms with Crippen LogP contribution in [-0.2, 0) is 9.59 Å². The topological polar surface area (TPSA) is 53.1 Å². The zero-order valence-corrected chi connectivity index (χ0v) is 19.4. The Morgan fingerprint density at radius 1 is 0.765 bits per heavy atom. The second-order valence-electron chi connectivity index (χ2n) is 8.50. The van der Waals surface area contributed by atoms with Crippen LogP contribution in [0.15, 0.2) is 84.6 Å². The van der Waals surface area contributed by atoms with E-state index in [2.05, 4.69) is 4.90 Å². The third-order valence-corrected chi connectivity index (χ3v) is 6.50. The highest BCUT2D eigenvalue weighted by atomic mass is 16.5. The first kappa shape index (κ1) is 21.8. The lowest BCUT2D eigenvalue weighted by molar-refractivity contribution is -0.120. The molecule has 0 saturated carbocycles. The molecule has 0 spiro atoms. The van der Waals surface area contributed by atoms with E-state index in [0.717, 1.165) is 24.5 Å². The van der Waals surface area contributed by atoms with Gasteiger partial charge < -0.3 is 14.5 Å². The molecular weight excluding hydrogens is 426 g/mol. The highest BCUT2D eigenvalue weighted by molar-refractivity contribution is 6.46. The van der Waals surface area contributed by atoms with E-state index in [4.69, 9.17) is 4.74 Å². The number of ether oxygens (including phenoxy) is 1. The molecule has 0 bridgehead atoms. The maximum absolute atomic E-state index is 13.7. The third kappa shape index (κ3) is 3.81. The molecule has 2 aliphatic heterocycles. The standard InChI is InChI=1S/C28H27N3O3/c1-29(21-8-4-3-5-9-21)26-25(20-10-16-24(34-2)17-11-20)27(32)31(28(26)33)23-14-12-22(13-15-23)30-18-6-7-19-30/h3-5,8-17H,6-7,18-19H2,1-2H3. The molecule has 0 N–H and O–H groups in total. The lowest BCUT2D eigenvalue weighted by Gasteiger charge is -2.22. The molecule has 0 radical (unpaired) electrons. The second kappa shape index (κ2) is 9.06. The molecule has 5 rings (SSSR count). The van der Waals surface area contributed by atoms with Crippen molar-refractivity contribution in [3.05, 3.63) is 90.1 Å². The molecule has 1 saturated heterocycles. The van der Waals surface area contributed by atoms with Crippen molar-refractivity contribution in [1.29, 1.82) is 0 Å². The zero-order valence-electron chi connectivity index (χ0n) is 19.4. The van der Waals surface area contributed by atoms with Gasteiger partial charge in [0.05, 0.1) is 18.4 Å². The number of methoxy groups -OCH3 is 1. The van der Waals surface area contributed by atoms with Gasteiger partial charge in [-0.1, -0.05) is 30.3 Å². The first-order chi connectivity index (χ1) is 16.6. The Morgan fingerprint density at radius 3 is 2.00 bits per heavy atom. The summed E-state index contributed by atoms with van der Waals surface area (Å²) in [5.74, 6) is 0.0198. The van der Waals surface area contributed by atoms with Crippen molar-refractivity contribution in [2.75, 3.05) is 41.9 Å². The van der Waals surface area contributed by atoms with Crippen molar-refractivity contribution < 1.29 is 14.3 Å². The maximum atomic E-state index is 13.7. The molecule has 172 valence electrons. The fourth-order valence-electron chi connectivity index (χ4n) is 4.65. The Morgan fingerprint density at radius 2 is 1.38 bits per heavy atom. The number of amides is 2. The summed E-state index contributed by atoms with van der Waals surface area (Å²) in [6.45, 7) is 2.08. The van der Waals surface area contributed by atoms with Gasteiger partial charge in [-0.3, -0.25) is 9.59 Å². The molecule has 6 heteroatoms. The average molecular weight is 454 g/mol. The molecule has 1 fully saturated rings. The van der Waals surface area contributed by atoms with Crippen LogP contribution in [0.1, 0.15) is 18.4 Å². The Labute approximate surface area is 199 Å². The minimum Gasteiger partial charge on any atom is -0.497 e. The summed E-state index contributed by atoms with van der Waals surface area (Å²) in [5, 5.41) is 0. The van der Waals surface area contributed by atoms with Crippen molar-refractivity contribution in [2.45, 2.75) is 12.8 Å². The Kier molecular flexibility index (Phi) is 5.80. The lowest BCUT2D eigenvalue weighted by atomic mass is 10.0. The van der Waals surface area contributed by atoms with Gasteiger partial charge in [0.25, 0.3) is 11.8 Å². The predicted molar refractivity (Wildman–Crippen MR) is 135 cm³/mol. The Hall–Kier alpha value is -4.06. The minimum absolute atomic E-state index is 0.332. The number of likely N-dealkylation sites (N-methyl/N-ethyl adjacent to an activating group) is 1. The Bertz CT molecular complexity index is 1230. The molecule has 34 heavy (non-hydrogen) atoms. The molecule has 0 unspecified atom stereocenters. The molecule has 3 aromatic rings. The van der Waals surface area contributed by atoms with Gasteiger partial charge >= 0.3 is 0 Å². The predicted octanol–water partition coefficient (Wildman–Crippen LogP) is 4.72. The molecule has 2 aliphatic rings. The van der Waals surface area contributed by atoms with E-state index in [1.807, 2.05) is 73.8 Å². The average Bonchev–Trinajstić information content (AvgIpc) is 3.51. The number of hydrogen-bond acceptors (Lipinski definition) is 5. The van der Waals surface area contributed by atoms with Crippen LogP contribution in [0.25, 0.3) is 5.57 Å². The van der Waals surface area contributed by atoms with Crippen LogP contribution in [0.4, 0.5) is 17.1 Å². The molecule has 0 aliphatic carbocycles. The van der Waals surface area contributed by atoms with Gasteiger partial charge in [-0.05, 0) is 66.9 Å². The van der Waals surface area contributed by atoms with Crippen molar-refractivity contribution >= 4 is 34.4 Å². The minimum atomic E-state index is -0.337. The first-order valence-corrected chi connectivity index (χ1v) is 11.5. The van der Waals surface area contributed by atoms with Gasteiger partial charge in [0.15, 0.2) is 0 Å². The van der Waals surface area contributed by atoms with Crippen LogP contribution in [0.2, 0.25) is 0 Å². The monoisotopic (exact) mass is 453 g/mol. The highest BCUT2D eigenvalue weighted by Gasteiger charge is 2.42. The number of nitrogens with zero attached hydrogens (tertiary/aromatic N) is 3. The largest absolute Gasteiger partial charge is 0.497 e. The van der Waals surface area contributed by atoms with Crippen molar-refractivity contribution in [3.8, 4) is 5.75 Å². The Balaban J connectivity index is 1.55. The maximum Gasteiger partial charge on any atom is 0.282 e. The van der Waals surface area contributed by atoms with Crippen LogP contribution in [-0.4, -0.2) is 39.1 Å². The van der Waals surface area contributed by atoms with Gasteiger partial charge in [-0.2, -0.15) is 0 Å². The molecule has 6 nitrogen and oxygen atoms in total. The van der Waals surface area contributed by atoms with Crippen LogP contribution in [0, 0.1) is 0 Å². The van der Waals surface area contributed by atoms with Gasteiger partial charge in [0, 0.05) is 31.5 Å². The lowest BCUT2D eigenvalue weighted by Crippen LogP contribution is -2.34. The molecular formula is C28H27N3O3. The van der Waals surface area contributed by atoms with Crippen molar-refractivity contribution in [3.63, 3.8) is 0 Å². The normalized spacial score (nSPS) is 15.9. The third-order valence-electron chi connectivity index (χ3n) is 6.50. The second-order valence-corrected chi connectivity index (χ2v) is 8.50. The van der Waals surface area contributed by atoms with Crippen molar-refractivity contribution in [2.24, 2.45) is 0 Å². The van der Waals surface area contributed by atoms with E-state index in [0.29, 0.717) is 28.3 Å². The van der Waals surface area contributed by atoms with E-state index >= 15 is 0 Å². The van der Waals surface area contributed by atoms with E-state index in [1.54, 1.807) is 24.1 Å². The number of rotatable bonds is 6. The summed E-state index contributed by atoms with van der Waals surface area (Å²) in [6.07, 6.45) is 2.38. The molecule has 0 atom stereocenters. The smallest absolute Gasteiger partial charge is 0.282 e. The van der Waals surface area contributed by atoms with E-state index in [-0.39, 0.29) is 11.8 Å². The van der Waals surface area contributed by atoms with Crippen LogP contribution >= 0.6 is 0 Å². The fraction of sp³-hybridized carbons (Fsp3) is 0.214. The quantitative estimate of drug-likeness (QED) is 0.506. The van der Waals surface area contributed by atoms with E-state index in [1.165, 1.54) is 17.7 Å². The number of para-hydroxylation sites is 1. The fourth-order valence-corrected chi connectivity index (χ4v) is 4.65. The SMILES string of the molecule is COc1ccc(C2=C(N(C)c3ccccc3)C(=O)N(c3ccc(N4CCCC4)cc3)C2=O)cc1. The number of benzene rings is 3. The van der Waals surface area contributed by atoms with Gasteiger partial charge in [0.1, 0.15) is 11.4 Å². The van der Waals surface area contributed by atoms with E-state index < -0.39 is 0 Å². The van der Waals surface area contributed by atoms with Crippen LogP contribution in [0.5, 0.6) is 5.75 Å². The summed E-state index contributed by atoms with van der Waals surface area (Å²) in [5.41, 5.74) is 3.92. The van der Waals surface area contributed by atoms with Gasteiger partial charge in [-0.15, -0.1) is 0 Å². The molecule has 2 heterocycles. The van der Waals surface area contributed by atoms with E-state index in [9.17, 15) is 9.59 Å². The number of carbonyl (C=O) groups is 2. The molecule has 0 aromatic heterocycles. The van der Waals surface area contributed by atoms with Crippen molar-refractivity contribution in [1.82, 2.24) is 0 Å². The van der Waals surface area contributed by atoms with Crippen LogP contribution < -0.4 is 19.4 Å². The number of carbonyl (C=O) groups excluding carboxylic acids is 2. The zero-order chi connectivity index (χ0) is 23.7. The number of hydrogen-bond donors (Lipinski definition) is 0. The number of imide groups is 1. The summed E-state index contributed by atoms with van der Waals surface area (Å²) in [4.78, 5) is 32.9. The summed E-state index contributed by atoms with van der Waals surface area (Å²) in [7, 11) is 3.42. The summed E-state index contributed by atoms with van der Waals surface area (Å²) in [6, 6.07) is 24.5. The molecule has 2 amide bonds. The summed E-state index contributed by atoms with van der Waals surface area (Å²) < 4.78 is 5.27.